The Labute approximate surface area is 170 Å². The van der Waals surface area contributed by atoms with Crippen LogP contribution in [0.1, 0.15) is 11.5 Å². The van der Waals surface area contributed by atoms with Gasteiger partial charge in [0.15, 0.2) is 0 Å². The molecule has 0 bridgehead atoms. The van der Waals surface area contributed by atoms with Gasteiger partial charge in [-0.05, 0) is 43.3 Å². The number of nitrogens with zero attached hydrogens (tertiary/aromatic N) is 1. The third kappa shape index (κ3) is 4.98. The monoisotopic (exact) mass is 439 g/mol. The first kappa shape index (κ1) is 21.4. The SMILES string of the molecule is Cc1oc(-c2ccccc2)nc1CC(=O)Nc1ccc(NS(=O)(=O)C(F)(F)F)cc1. The molecule has 2 aromatic carbocycles. The minimum absolute atomic E-state index is 0.0787. The zero-order valence-electron chi connectivity index (χ0n) is 15.5. The molecule has 3 rings (SSSR count). The number of carbonyl (C=O) groups excluding carboxylic acids is 1. The van der Waals surface area contributed by atoms with Crippen molar-refractivity contribution < 1.29 is 30.8 Å². The Hall–Kier alpha value is -3.34. The first-order valence-electron chi connectivity index (χ1n) is 8.56. The lowest BCUT2D eigenvalue weighted by Crippen LogP contribution is -2.29. The van der Waals surface area contributed by atoms with Crippen molar-refractivity contribution in [3.8, 4) is 11.5 Å². The molecule has 1 aromatic heterocycles. The molecule has 158 valence electrons. The zero-order valence-corrected chi connectivity index (χ0v) is 16.3. The van der Waals surface area contributed by atoms with Crippen LogP contribution >= 0.6 is 0 Å². The average molecular weight is 439 g/mol. The van der Waals surface area contributed by atoms with E-state index in [0.29, 0.717) is 17.3 Å². The van der Waals surface area contributed by atoms with Gasteiger partial charge in [-0.15, -0.1) is 0 Å². The molecule has 1 heterocycles. The third-order valence-electron chi connectivity index (χ3n) is 3.97. The highest BCUT2D eigenvalue weighted by atomic mass is 32.2. The van der Waals surface area contributed by atoms with Crippen LogP contribution in [0.4, 0.5) is 24.5 Å². The summed E-state index contributed by atoms with van der Waals surface area (Å²) < 4.78 is 66.4. The Morgan fingerprint density at radius 2 is 1.63 bits per heavy atom. The van der Waals surface area contributed by atoms with Gasteiger partial charge in [0.05, 0.1) is 12.1 Å². The van der Waals surface area contributed by atoms with Crippen molar-refractivity contribution in [1.82, 2.24) is 4.98 Å². The van der Waals surface area contributed by atoms with E-state index in [1.807, 2.05) is 30.3 Å². The van der Waals surface area contributed by atoms with E-state index in [0.717, 1.165) is 17.7 Å². The number of hydrogen-bond donors (Lipinski definition) is 2. The minimum atomic E-state index is -5.51. The number of oxazole rings is 1. The molecule has 11 heteroatoms. The second-order valence-electron chi connectivity index (χ2n) is 6.24. The van der Waals surface area contributed by atoms with Crippen LogP contribution in [0.5, 0.6) is 0 Å². The van der Waals surface area contributed by atoms with Crippen molar-refractivity contribution in [2.24, 2.45) is 0 Å². The lowest BCUT2D eigenvalue weighted by Gasteiger charge is -2.11. The Bertz CT molecular complexity index is 1140. The number of carbonyl (C=O) groups is 1. The molecule has 0 saturated heterocycles. The number of anilines is 2. The van der Waals surface area contributed by atoms with Gasteiger partial charge in [0.1, 0.15) is 5.76 Å². The largest absolute Gasteiger partial charge is 0.516 e. The first-order chi connectivity index (χ1) is 14.0. The molecular formula is C19H16F3N3O4S. The van der Waals surface area contributed by atoms with Gasteiger partial charge in [0, 0.05) is 16.9 Å². The first-order valence-corrected chi connectivity index (χ1v) is 10.0. The number of alkyl halides is 3. The molecular weight excluding hydrogens is 423 g/mol. The topological polar surface area (TPSA) is 101 Å². The van der Waals surface area contributed by atoms with Crippen LogP contribution in [0.15, 0.2) is 59.0 Å². The molecule has 0 spiro atoms. The van der Waals surface area contributed by atoms with Crippen LogP contribution in [0.3, 0.4) is 0 Å². The predicted molar refractivity (Wildman–Crippen MR) is 104 cm³/mol. The van der Waals surface area contributed by atoms with Gasteiger partial charge in [-0.1, -0.05) is 18.2 Å². The number of hydrogen-bond acceptors (Lipinski definition) is 5. The number of halogens is 3. The Morgan fingerprint density at radius 1 is 1.03 bits per heavy atom. The van der Waals surface area contributed by atoms with Crippen molar-refractivity contribution in [1.29, 1.82) is 0 Å². The fraction of sp³-hybridized carbons (Fsp3) is 0.158. The predicted octanol–water partition coefficient (Wildman–Crippen LogP) is 4.09. The smallest absolute Gasteiger partial charge is 0.441 e. The lowest BCUT2D eigenvalue weighted by molar-refractivity contribution is -0.115. The standard InChI is InChI=1S/C19H16F3N3O4S/c1-12-16(24-18(29-12)13-5-3-2-4-6-13)11-17(26)23-14-7-9-15(10-8-14)25-30(27,28)19(20,21)22/h2-10,25H,11H2,1H3,(H,23,26). The van der Waals surface area contributed by atoms with E-state index in [9.17, 15) is 26.4 Å². The van der Waals surface area contributed by atoms with E-state index in [4.69, 9.17) is 4.42 Å². The summed E-state index contributed by atoms with van der Waals surface area (Å²) in [6, 6.07) is 13.9. The van der Waals surface area contributed by atoms with Crippen LogP contribution in [0.25, 0.3) is 11.5 Å². The average Bonchev–Trinajstić information content (AvgIpc) is 3.03. The van der Waals surface area contributed by atoms with Gasteiger partial charge < -0.3 is 9.73 Å². The number of aryl methyl sites for hydroxylation is 1. The maximum absolute atomic E-state index is 12.4. The summed E-state index contributed by atoms with van der Waals surface area (Å²) in [6.07, 6.45) is -0.0787. The number of amides is 1. The van der Waals surface area contributed by atoms with Crippen molar-refractivity contribution in [2.45, 2.75) is 18.9 Å². The number of nitrogens with one attached hydrogen (secondary N) is 2. The lowest BCUT2D eigenvalue weighted by atomic mass is 10.2. The molecule has 30 heavy (non-hydrogen) atoms. The second-order valence-corrected chi connectivity index (χ2v) is 7.92. The molecule has 3 aromatic rings. The van der Waals surface area contributed by atoms with Gasteiger partial charge in [0.2, 0.25) is 11.8 Å². The van der Waals surface area contributed by atoms with E-state index >= 15 is 0 Å². The van der Waals surface area contributed by atoms with Crippen LogP contribution in [0, 0.1) is 6.92 Å². The Morgan fingerprint density at radius 3 is 2.23 bits per heavy atom. The maximum Gasteiger partial charge on any atom is 0.516 e. The van der Waals surface area contributed by atoms with E-state index in [2.05, 4.69) is 10.3 Å². The molecule has 0 aliphatic heterocycles. The molecule has 0 unspecified atom stereocenters. The Kier molecular flexibility index (Phi) is 5.83. The van der Waals surface area contributed by atoms with Crippen molar-refractivity contribution in [3.63, 3.8) is 0 Å². The molecule has 7 nitrogen and oxygen atoms in total. The minimum Gasteiger partial charge on any atom is -0.441 e. The molecule has 0 saturated carbocycles. The molecule has 2 N–H and O–H groups in total. The quantitative estimate of drug-likeness (QED) is 0.602. The van der Waals surface area contributed by atoms with Gasteiger partial charge in [-0.3, -0.25) is 9.52 Å². The molecule has 1 amide bonds. The van der Waals surface area contributed by atoms with E-state index < -0.39 is 21.4 Å². The van der Waals surface area contributed by atoms with Crippen molar-refractivity contribution in [2.75, 3.05) is 10.0 Å². The van der Waals surface area contributed by atoms with Gasteiger partial charge >= 0.3 is 15.5 Å². The summed E-state index contributed by atoms with van der Waals surface area (Å²) in [6.45, 7) is 1.68. The molecule has 0 radical (unpaired) electrons. The van der Waals surface area contributed by atoms with Crippen LogP contribution in [-0.2, 0) is 21.2 Å². The molecule has 0 fully saturated rings. The molecule has 0 aliphatic rings. The van der Waals surface area contributed by atoms with Crippen LogP contribution in [0.2, 0.25) is 0 Å². The number of sulfonamides is 1. The highest BCUT2D eigenvalue weighted by Gasteiger charge is 2.46. The summed E-state index contributed by atoms with van der Waals surface area (Å²) >= 11 is 0. The third-order valence-corrected chi connectivity index (χ3v) is 5.08. The summed E-state index contributed by atoms with van der Waals surface area (Å²) in [7, 11) is -5.51. The molecule has 0 atom stereocenters. The van der Waals surface area contributed by atoms with Crippen molar-refractivity contribution >= 4 is 27.3 Å². The Balaban J connectivity index is 1.64. The molecule has 0 aliphatic carbocycles. The zero-order chi connectivity index (χ0) is 21.9. The highest BCUT2D eigenvalue weighted by molar-refractivity contribution is 7.93. The fourth-order valence-corrected chi connectivity index (χ4v) is 3.05. The second kappa shape index (κ2) is 8.19. The fourth-order valence-electron chi connectivity index (χ4n) is 2.49. The van der Waals surface area contributed by atoms with E-state index in [1.165, 1.54) is 16.9 Å². The van der Waals surface area contributed by atoms with Crippen LogP contribution < -0.4 is 10.0 Å². The van der Waals surface area contributed by atoms with E-state index in [1.54, 1.807) is 6.92 Å². The van der Waals surface area contributed by atoms with Crippen molar-refractivity contribution in [3.05, 3.63) is 66.1 Å². The maximum atomic E-state index is 12.4. The number of rotatable bonds is 6. The van der Waals surface area contributed by atoms with Gasteiger partial charge in [-0.2, -0.15) is 21.6 Å². The number of benzene rings is 2. The normalized spacial score (nSPS) is 11.9. The number of aromatic nitrogens is 1. The van der Waals surface area contributed by atoms with Crippen LogP contribution in [-0.4, -0.2) is 24.8 Å². The summed E-state index contributed by atoms with van der Waals surface area (Å²) in [5.41, 5.74) is -4.22. The van der Waals surface area contributed by atoms with E-state index in [-0.39, 0.29) is 17.8 Å². The van der Waals surface area contributed by atoms with Gasteiger partial charge in [-0.25, -0.2) is 4.98 Å². The van der Waals surface area contributed by atoms with Gasteiger partial charge in [0.25, 0.3) is 0 Å². The highest BCUT2D eigenvalue weighted by Crippen LogP contribution is 2.26. The summed E-state index contributed by atoms with van der Waals surface area (Å²) in [5.74, 6) is 0.452. The summed E-state index contributed by atoms with van der Waals surface area (Å²) in [4.78, 5) is 16.6. The summed E-state index contributed by atoms with van der Waals surface area (Å²) in [5, 5.41) is 2.57.